The van der Waals surface area contributed by atoms with E-state index in [0.29, 0.717) is 29.6 Å². The Morgan fingerprint density at radius 3 is 2.33 bits per heavy atom. The van der Waals surface area contributed by atoms with Crippen molar-refractivity contribution in [2.75, 3.05) is 17.3 Å². The van der Waals surface area contributed by atoms with Crippen LogP contribution in [0.5, 0.6) is 5.75 Å². The molecule has 2 rings (SSSR count). The summed E-state index contributed by atoms with van der Waals surface area (Å²) in [6.45, 7) is 0.500. The van der Waals surface area contributed by atoms with Gasteiger partial charge in [-0.2, -0.15) is 0 Å². The summed E-state index contributed by atoms with van der Waals surface area (Å²) in [5, 5.41) is 0.594. The maximum atomic E-state index is 12.3. The van der Waals surface area contributed by atoms with Crippen molar-refractivity contribution < 1.29 is 9.53 Å². The lowest BCUT2D eigenvalue weighted by Gasteiger charge is -2.21. The number of hydrogen-bond acceptors (Lipinski definition) is 2. The Bertz CT molecular complexity index is 573. The molecule has 0 heterocycles. The van der Waals surface area contributed by atoms with Gasteiger partial charge in [-0.15, -0.1) is 11.6 Å². The van der Waals surface area contributed by atoms with E-state index in [1.165, 1.54) is 0 Å². The standard InChI is InChI=1S/C16H15Cl2NO2/c17-11-4-12-19(14-5-2-1-3-6-14)16(20)21-15-9-7-13(18)8-10-15/h1-3,5-10H,4,11-12H2. The van der Waals surface area contributed by atoms with Gasteiger partial charge in [-0.25, -0.2) is 4.79 Å². The van der Waals surface area contributed by atoms with Crippen molar-refractivity contribution >= 4 is 35.0 Å². The van der Waals surface area contributed by atoms with Gasteiger partial charge in [0.25, 0.3) is 0 Å². The van der Waals surface area contributed by atoms with Crippen molar-refractivity contribution in [3.8, 4) is 5.75 Å². The number of alkyl halides is 1. The Balaban J connectivity index is 2.12. The highest BCUT2D eigenvalue weighted by molar-refractivity contribution is 6.30. The van der Waals surface area contributed by atoms with Gasteiger partial charge in [0, 0.05) is 23.1 Å². The summed E-state index contributed by atoms with van der Waals surface area (Å²) >= 11 is 11.5. The summed E-state index contributed by atoms with van der Waals surface area (Å²) in [7, 11) is 0. The summed E-state index contributed by atoms with van der Waals surface area (Å²) in [5.74, 6) is 0.939. The molecular formula is C16H15Cl2NO2. The van der Waals surface area contributed by atoms with Crippen LogP contribution in [0.4, 0.5) is 10.5 Å². The van der Waals surface area contributed by atoms with E-state index in [4.69, 9.17) is 27.9 Å². The first-order valence-corrected chi connectivity index (χ1v) is 7.48. The van der Waals surface area contributed by atoms with Crippen LogP contribution < -0.4 is 9.64 Å². The lowest BCUT2D eigenvalue weighted by Crippen LogP contribution is -2.34. The average Bonchev–Trinajstić information content (AvgIpc) is 2.51. The highest BCUT2D eigenvalue weighted by atomic mass is 35.5. The van der Waals surface area contributed by atoms with Crippen molar-refractivity contribution in [2.24, 2.45) is 0 Å². The van der Waals surface area contributed by atoms with Crippen LogP contribution in [0.15, 0.2) is 54.6 Å². The monoisotopic (exact) mass is 323 g/mol. The van der Waals surface area contributed by atoms with Gasteiger partial charge in [0.2, 0.25) is 0 Å². The fourth-order valence-electron chi connectivity index (χ4n) is 1.81. The summed E-state index contributed by atoms with van der Waals surface area (Å²) in [6, 6.07) is 16.0. The number of nitrogens with zero attached hydrogens (tertiary/aromatic N) is 1. The van der Waals surface area contributed by atoms with Crippen LogP contribution in [0.25, 0.3) is 0 Å². The largest absolute Gasteiger partial charge is 0.419 e. The average molecular weight is 324 g/mol. The predicted octanol–water partition coefficient (Wildman–Crippen LogP) is 4.97. The van der Waals surface area contributed by atoms with Gasteiger partial charge in [0.1, 0.15) is 5.75 Å². The van der Waals surface area contributed by atoms with Gasteiger partial charge in [0.05, 0.1) is 0 Å². The Hall–Kier alpha value is -1.71. The summed E-state index contributed by atoms with van der Waals surface area (Å²) in [6.07, 6.45) is 0.250. The molecule has 0 spiro atoms. The molecular weight excluding hydrogens is 309 g/mol. The molecule has 0 aliphatic rings. The molecule has 1 amide bonds. The molecule has 0 saturated heterocycles. The van der Waals surface area contributed by atoms with Crippen LogP contribution >= 0.6 is 23.2 Å². The molecule has 3 nitrogen and oxygen atoms in total. The SMILES string of the molecule is O=C(Oc1ccc(Cl)cc1)N(CCCCl)c1ccccc1. The smallest absolute Gasteiger partial charge is 0.410 e. The van der Waals surface area contributed by atoms with Crippen molar-refractivity contribution in [3.63, 3.8) is 0 Å². The molecule has 0 saturated carbocycles. The molecule has 0 bridgehead atoms. The van der Waals surface area contributed by atoms with E-state index in [2.05, 4.69) is 0 Å². The first-order chi connectivity index (χ1) is 10.2. The number of anilines is 1. The van der Waals surface area contributed by atoms with Gasteiger partial charge in [0.15, 0.2) is 0 Å². The number of para-hydroxylation sites is 1. The normalized spacial score (nSPS) is 10.2. The zero-order chi connectivity index (χ0) is 15.1. The molecule has 0 aromatic heterocycles. The van der Waals surface area contributed by atoms with Crippen molar-refractivity contribution in [3.05, 3.63) is 59.6 Å². The van der Waals surface area contributed by atoms with Crippen LogP contribution in [0.3, 0.4) is 0 Å². The zero-order valence-electron chi connectivity index (χ0n) is 11.3. The fraction of sp³-hybridized carbons (Fsp3) is 0.188. The quantitative estimate of drug-likeness (QED) is 0.726. The first-order valence-electron chi connectivity index (χ1n) is 6.56. The highest BCUT2D eigenvalue weighted by Crippen LogP contribution is 2.19. The summed E-state index contributed by atoms with van der Waals surface area (Å²) in [5.41, 5.74) is 0.779. The third-order valence-corrected chi connectivity index (χ3v) is 3.34. The predicted molar refractivity (Wildman–Crippen MR) is 86.6 cm³/mol. The molecule has 2 aromatic carbocycles. The Labute approximate surface area is 134 Å². The van der Waals surface area contributed by atoms with Crippen LogP contribution in [-0.2, 0) is 0 Å². The van der Waals surface area contributed by atoms with Crippen molar-refractivity contribution in [1.82, 2.24) is 0 Å². The van der Waals surface area contributed by atoms with E-state index in [9.17, 15) is 4.79 Å². The molecule has 110 valence electrons. The summed E-state index contributed by atoms with van der Waals surface area (Å²) < 4.78 is 5.37. The first kappa shape index (κ1) is 15.7. The minimum absolute atomic E-state index is 0.436. The molecule has 0 aliphatic carbocycles. The van der Waals surface area contributed by atoms with Crippen molar-refractivity contribution in [2.45, 2.75) is 6.42 Å². The van der Waals surface area contributed by atoms with E-state index in [1.54, 1.807) is 29.2 Å². The van der Waals surface area contributed by atoms with Crippen LogP contribution in [0.2, 0.25) is 5.02 Å². The Morgan fingerprint density at radius 2 is 1.71 bits per heavy atom. The number of carbonyl (C=O) groups excluding carboxylic acids is 1. The second-order valence-corrected chi connectivity index (χ2v) is 5.17. The van der Waals surface area contributed by atoms with Crippen LogP contribution in [0, 0.1) is 0 Å². The molecule has 0 unspecified atom stereocenters. The van der Waals surface area contributed by atoms with Crippen LogP contribution in [-0.4, -0.2) is 18.5 Å². The maximum Gasteiger partial charge on any atom is 0.419 e. The summed E-state index contributed by atoms with van der Waals surface area (Å²) in [4.78, 5) is 13.9. The van der Waals surface area contributed by atoms with E-state index in [-0.39, 0.29) is 0 Å². The Kier molecular flexibility index (Phi) is 5.90. The van der Waals surface area contributed by atoms with E-state index < -0.39 is 6.09 Å². The number of carbonyl (C=O) groups is 1. The van der Waals surface area contributed by atoms with E-state index in [0.717, 1.165) is 5.69 Å². The number of amides is 1. The number of ether oxygens (including phenoxy) is 1. The molecule has 21 heavy (non-hydrogen) atoms. The number of benzene rings is 2. The Morgan fingerprint density at radius 1 is 1.05 bits per heavy atom. The molecule has 2 aromatic rings. The lowest BCUT2D eigenvalue weighted by atomic mass is 10.3. The van der Waals surface area contributed by atoms with Gasteiger partial charge < -0.3 is 4.74 Å². The van der Waals surface area contributed by atoms with E-state index >= 15 is 0 Å². The maximum absolute atomic E-state index is 12.3. The van der Waals surface area contributed by atoms with Gasteiger partial charge >= 0.3 is 6.09 Å². The van der Waals surface area contributed by atoms with Gasteiger partial charge in [-0.1, -0.05) is 29.8 Å². The molecule has 0 radical (unpaired) electrons. The molecule has 0 fully saturated rings. The minimum atomic E-state index is -0.436. The number of hydrogen-bond donors (Lipinski definition) is 0. The fourth-order valence-corrected chi connectivity index (χ4v) is 2.06. The molecule has 0 N–H and O–H groups in total. The number of rotatable bonds is 5. The minimum Gasteiger partial charge on any atom is -0.410 e. The topological polar surface area (TPSA) is 29.5 Å². The van der Waals surface area contributed by atoms with Crippen LogP contribution in [0.1, 0.15) is 6.42 Å². The molecule has 5 heteroatoms. The van der Waals surface area contributed by atoms with Gasteiger partial charge in [-0.3, -0.25) is 4.90 Å². The van der Waals surface area contributed by atoms with Crippen molar-refractivity contribution in [1.29, 1.82) is 0 Å². The molecule has 0 aliphatic heterocycles. The van der Waals surface area contributed by atoms with E-state index in [1.807, 2.05) is 30.3 Å². The second kappa shape index (κ2) is 7.91. The lowest BCUT2D eigenvalue weighted by molar-refractivity contribution is 0.207. The number of halogens is 2. The van der Waals surface area contributed by atoms with Gasteiger partial charge in [-0.05, 0) is 42.8 Å². The highest BCUT2D eigenvalue weighted by Gasteiger charge is 2.17. The zero-order valence-corrected chi connectivity index (χ0v) is 12.8. The third kappa shape index (κ3) is 4.66. The second-order valence-electron chi connectivity index (χ2n) is 4.35. The third-order valence-electron chi connectivity index (χ3n) is 2.82. The molecule has 0 atom stereocenters.